The Balaban J connectivity index is 1.67. The van der Waals surface area contributed by atoms with Crippen molar-refractivity contribution in [3.8, 4) is 5.75 Å². The van der Waals surface area contributed by atoms with Gasteiger partial charge in [0.2, 0.25) is 0 Å². The highest BCUT2D eigenvalue weighted by molar-refractivity contribution is 6.23. The van der Waals surface area contributed by atoms with E-state index in [2.05, 4.69) is 0 Å². The maximum absolute atomic E-state index is 13.5. The molecule has 5 rings (SSSR count). The molecule has 0 spiro atoms. The minimum absolute atomic E-state index is 0.205. The van der Waals surface area contributed by atoms with Crippen molar-refractivity contribution in [2.75, 3.05) is 0 Å². The Hall–Kier alpha value is -3.53. The lowest BCUT2D eigenvalue weighted by atomic mass is 9.87. The summed E-state index contributed by atoms with van der Waals surface area (Å²) in [5, 5.41) is 0. The number of hydrogen-bond acceptors (Lipinski definition) is 4. The largest absolute Gasteiger partial charge is 0.425 e. The highest BCUT2D eigenvalue weighted by Crippen LogP contribution is 2.71. The monoisotopic (exact) mass is 368 g/mol. The molecule has 2 aliphatic rings. The molecule has 0 saturated heterocycles. The van der Waals surface area contributed by atoms with Crippen molar-refractivity contribution < 1.29 is 19.1 Å². The number of carbonyl (C=O) groups is 3. The van der Waals surface area contributed by atoms with Gasteiger partial charge in [0.15, 0.2) is 11.6 Å². The Morgan fingerprint density at radius 2 is 1.32 bits per heavy atom. The van der Waals surface area contributed by atoms with E-state index in [1.165, 1.54) is 0 Å². The summed E-state index contributed by atoms with van der Waals surface area (Å²) in [5.74, 6) is -2.05. The van der Waals surface area contributed by atoms with E-state index in [4.69, 9.17) is 4.74 Å². The molecule has 4 heteroatoms. The van der Waals surface area contributed by atoms with E-state index >= 15 is 0 Å². The summed E-state index contributed by atoms with van der Waals surface area (Å²) >= 11 is 0. The molecule has 0 unspecified atom stereocenters. The lowest BCUT2D eigenvalue weighted by Gasteiger charge is -2.22. The average molecular weight is 368 g/mol. The van der Waals surface area contributed by atoms with E-state index in [1.54, 1.807) is 66.7 Å². The molecule has 3 atom stereocenters. The van der Waals surface area contributed by atoms with Gasteiger partial charge >= 0.3 is 5.97 Å². The fraction of sp³-hybridized carbons (Fsp3) is 0.125. The zero-order chi connectivity index (χ0) is 19.3. The van der Waals surface area contributed by atoms with Crippen molar-refractivity contribution in [1.82, 2.24) is 0 Å². The van der Waals surface area contributed by atoms with E-state index in [0.29, 0.717) is 16.9 Å². The van der Waals surface area contributed by atoms with Gasteiger partial charge in [-0.25, -0.2) is 0 Å². The molecular weight excluding hydrogens is 352 g/mol. The highest BCUT2D eigenvalue weighted by atomic mass is 16.5. The van der Waals surface area contributed by atoms with Crippen molar-refractivity contribution in [3.63, 3.8) is 0 Å². The molecule has 3 aromatic carbocycles. The summed E-state index contributed by atoms with van der Waals surface area (Å²) in [4.78, 5) is 39.9. The number of para-hydroxylation sites is 1. The Labute approximate surface area is 161 Å². The number of ether oxygens (including phenoxy) is 1. The number of carbonyl (C=O) groups excluding carboxylic acids is 3. The average Bonchev–Trinajstić information content (AvgIpc) is 3.46. The molecule has 1 saturated carbocycles. The van der Waals surface area contributed by atoms with Crippen molar-refractivity contribution in [2.45, 2.75) is 5.92 Å². The van der Waals surface area contributed by atoms with Crippen LogP contribution in [0.3, 0.4) is 0 Å². The van der Waals surface area contributed by atoms with Crippen LogP contribution in [0.4, 0.5) is 0 Å². The summed E-state index contributed by atoms with van der Waals surface area (Å²) in [7, 11) is 0. The summed E-state index contributed by atoms with van der Waals surface area (Å²) in [6.07, 6.45) is 0. The first-order valence-electron chi connectivity index (χ1n) is 9.16. The number of hydrogen-bond donors (Lipinski definition) is 0. The van der Waals surface area contributed by atoms with E-state index in [1.807, 2.05) is 18.2 Å². The molecule has 0 bridgehead atoms. The normalized spacial score (nSPS) is 24.5. The van der Waals surface area contributed by atoms with E-state index in [-0.39, 0.29) is 11.6 Å². The van der Waals surface area contributed by atoms with Crippen LogP contribution >= 0.6 is 0 Å². The van der Waals surface area contributed by atoms with Gasteiger partial charge in [0, 0.05) is 22.6 Å². The second-order valence-corrected chi connectivity index (χ2v) is 7.18. The SMILES string of the molecule is O=C(c1ccccc1)[C@H]1[C@H]2c3ccccc3OC(=O)[C@]21C(=O)c1ccccc1. The first-order chi connectivity index (χ1) is 13.7. The predicted octanol–water partition coefficient (Wildman–Crippen LogP) is 4.07. The van der Waals surface area contributed by atoms with Gasteiger partial charge in [-0.2, -0.15) is 0 Å². The number of Topliss-reactive ketones (excluding diaryl/α,β-unsaturated/α-hetero) is 2. The van der Waals surface area contributed by atoms with Gasteiger partial charge in [-0.3, -0.25) is 14.4 Å². The summed E-state index contributed by atoms with van der Waals surface area (Å²) in [6, 6.07) is 24.6. The lowest BCUT2D eigenvalue weighted by molar-refractivity contribution is -0.139. The fourth-order valence-electron chi connectivity index (χ4n) is 4.43. The Bertz CT molecular complexity index is 1100. The van der Waals surface area contributed by atoms with Gasteiger partial charge in [-0.15, -0.1) is 0 Å². The summed E-state index contributed by atoms with van der Waals surface area (Å²) < 4.78 is 5.54. The number of fused-ring (bicyclic) bond motifs is 3. The van der Waals surface area contributed by atoms with Crippen molar-refractivity contribution in [1.29, 1.82) is 0 Å². The first kappa shape index (κ1) is 16.6. The molecule has 1 fully saturated rings. The zero-order valence-electron chi connectivity index (χ0n) is 14.9. The Kier molecular flexibility index (Phi) is 3.56. The smallest absolute Gasteiger partial charge is 0.326 e. The highest BCUT2D eigenvalue weighted by Gasteiger charge is 2.80. The Morgan fingerprint density at radius 3 is 2.00 bits per heavy atom. The first-order valence-corrected chi connectivity index (χ1v) is 9.16. The standard InChI is InChI=1S/C24H16O4/c25-21(15-9-3-1-4-10-15)20-19-17-13-7-8-14-18(17)28-23(27)24(19,20)22(26)16-11-5-2-6-12-16/h1-14,19-20H/t19-,20-,24-/m1/s1. The van der Waals surface area contributed by atoms with Gasteiger partial charge in [0.25, 0.3) is 0 Å². The minimum atomic E-state index is -1.50. The topological polar surface area (TPSA) is 60.4 Å². The van der Waals surface area contributed by atoms with Crippen LogP contribution in [0.25, 0.3) is 0 Å². The predicted molar refractivity (Wildman–Crippen MR) is 102 cm³/mol. The molecule has 4 nitrogen and oxygen atoms in total. The lowest BCUT2D eigenvalue weighted by Crippen LogP contribution is -2.36. The molecule has 28 heavy (non-hydrogen) atoms. The summed E-state index contributed by atoms with van der Waals surface area (Å²) in [5.41, 5.74) is 0.142. The molecule has 3 aromatic rings. The van der Waals surface area contributed by atoms with Gasteiger partial charge in [0.1, 0.15) is 11.2 Å². The second kappa shape index (κ2) is 5.99. The second-order valence-electron chi connectivity index (χ2n) is 7.18. The van der Waals surface area contributed by atoms with Gasteiger partial charge in [0.05, 0.1) is 5.92 Å². The quantitative estimate of drug-likeness (QED) is 0.301. The van der Waals surface area contributed by atoms with Crippen molar-refractivity contribution in [2.24, 2.45) is 11.3 Å². The zero-order valence-corrected chi connectivity index (χ0v) is 14.9. The third kappa shape index (κ3) is 2.15. The van der Waals surface area contributed by atoms with Gasteiger partial charge in [-0.05, 0) is 6.07 Å². The van der Waals surface area contributed by atoms with Crippen LogP contribution in [0.5, 0.6) is 5.75 Å². The summed E-state index contributed by atoms with van der Waals surface area (Å²) in [6.45, 7) is 0. The molecular formula is C24H16O4. The van der Waals surface area contributed by atoms with Crippen molar-refractivity contribution in [3.05, 3.63) is 102 Å². The molecule has 1 heterocycles. The van der Waals surface area contributed by atoms with Crippen LogP contribution in [-0.2, 0) is 4.79 Å². The fourth-order valence-corrected chi connectivity index (χ4v) is 4.43. The molecule has 0 N–H and O–H groups in total. The number of ketones is 2. The Morgan fingerprint density at radius 1 is 0.750 bits per heavy atom. The van der Waals surface area contributed by atoms with E-state index in [9.17, 15) is 14.4 Å². The molecule has 0 amide bonds. The van der Waals surface area contributed by atoms with Crippen LogP contribution in [0, 0.1) is 11.3 Å². The molecule has 136 valence electrons. The maximum atomic E-state index is 13.5. The molecule has 0 radical (unpaired) electrons. The number of rotatable bonds is 4. The van der Waals surface area contributed by atoms with Gasteiger partial charge in [-0.1, -0.05) is 78.9 Å². The van der Waals surface area contributed by atoms with Crippen LogP contribution in [0.1, 0.15) is 32.2 Å². The molecule has 1 aliphatic carbocycles. The molecule has 1 aliphatic heterocycles. The number of esters is 1. The van der Waals surface area contributed by atoms with Crippen LogP contribution in [0.15, 0.2) is 84.9 Å². The van der Waals surface area contributed by atoms with Crippen molar-refractivity contribution >= 4 is 17.5 Å². The van der Waals surface area contributed by atoms with Crippen LogP contribution < -0.4 is 4.74 Å². The minimum Gasteiger partial charge on any atom is -0.425 e. The van der Waals surface area contributed by atoms with E-state index in [0.717, 1.165) is 5.56 Å². The van der Waals surface area contributed by atoms with Gasteiger partial charge < -0.3 is 4.74 Å². The maximum Gasteiger partial charge on any atom is 0.326 e. The number of benzene rings is 3. The third-order valence-electron chi connectivity index (χ3n) is 5.75. The van der Waals surface area contributed by atoms with Crippen LogP contribution in [0.2, 0.25) is 0 Å². The van der Waals surface area contributed by atoms with Crippen LogP contribution in [-0.4, -0.2) is 17.5 Å². The molecule has 0 aromatic heterocycles. The third-order valence-corrected chi connectivity index (χ3v) is 5.75. The van der Waals surface area contributed by atoms with E-state index < -0.39 is 23.2 Å².